The number of benzene rings is 2. The average Bonchev–Trinajstić information content (AvgIpc) is 2.58. The van der Waals surface area contributed by atoms with Crippen LogP contribution >= 0.6 is 0 Å². The van der Waals surface area contributed by atoms with E-state index in [-0.39, 0.29) is 18.0 Å². The first-order chi connectivity index (χ1) is 11.9. The van der Waals surface area contributed by atoms with E-state index in [4.69, 9.17) is 4.74 Å². The number of nitrogens with one attached hydrogen (secondary N) is 2. The van der Waals surface area contributed by atoms with E-state index in [1.54, 1.807) is 19.9 Å². The lowest BCUT2D eigenvalue weighted by Crippen LogP contribution is -2.35. The topological polar surface area (TPSA) is 67.4 Å². The van der Waals surface area contributed by atoms with Crippen molar-refractivity contribution < 1.29 is 23.1 Å². The van der Waals surface area contributed by atoms with Gasteiger partial charge in [-0.25, -0.2) is 8.78 Å². The molecule has 25 heavy (non-hydrogen) atoms. The summed E-state index contributed by atoms with van der Waals surface area (Å²) in [4.78, 5) is 23.6. The summed E-state index contributed by atoms with van der Waals surface area (Å²) in [6.45, 7) is 3.64. The van der Waals surface area contributed by atoms with E-state index in [1.807, 2.05) is 0 Å². The van der Waals surface area contributed by atoms with E-state index >= 15 is 0 Å². The molecule has 0 aromatic heterocycles. The monoisotopic (exact) mass is 348 g/mol. The van der Waals surface area contributed by atoms with Crippen LogP contribution in [0.5, 0.6) is 5.75 Å². The number of anilines is 1. The lowest BCUT2D eigenvalue weighted by atomic mass is 10.2. The second-order valence-electron chi connectivity index (χ2n) is 5.30. The van der Waals surface area contributed by atoms with Crippen LogP contribution in [0.4, 0.5) is 14.5 Å². The van der Waals surface area contributed by atoms with Gasteiger partial charge in [-0.1, -0.05) is 12.1 Å². The van der Waals surface area contributed by atoms with Crippen LogP contribution in [-0.4, -0.2) is 18.4 Å². The van der Waals surface area contributed by atoms with Gasteiger partial charge in [-0.3, -0.25) is 9.59 Å². The molecular formula is C18H18F2N2O3. The first kappa shape index (κ1) is 18.4. The normalized spacial score (nSPS) is 10.2. The lowest BCUT2D eigenvalue weighted by molar-refractivity contribution is -0.136. The summed E-state index contributed by atoms with van der Waals surface area (Å²) in [5.74, 6) is -2.75. The molecule has 0 aliphatic rings. The largest absolute Gasteiger partial charge is 0.491 e. The molecule has 2 N–H and O–H groups in total. The van der Waals surface area contributed by atoms with Gasteiger partial charge in [0.1, 0.15) is 5.82 Å². The highest BCUT2D eigenvalue weighted by Gasteiger charge is 2.14. The van der Waals surface area contributed by atoms with Gasteiger partial charge < -0.3 is 15.4 Å². The van der Waals surface area contributed by atoms with Crippen molar-refractivity contribution in [1.82, 2.24) is 5.32 Å². The maximum atomic E-state index is 13.7. The predicted molar refractivity (Wildman–Crippen MR) is 89.2 cm³/mol. The summed E-state index contributed by atoms with van der Waals surface area (Å²) in [6.07, 6.45) is 0. The number of ether oxygens (including phenoxy) is 1. The van der Waals surface area contributed by atoms with Crippen molar-refractivity contribution in [2.24, 2.45) is 0 Å². The number of carbonyl (C=O) groups is 2. The zero-order valence-electron chi connectivity index (χ0n) is 13.9. The fraction of sp³-hybridized carbons (Fsp3) is 0.222. The molecule has 2 aromatic rings. The summed E-state index contributed by atoms with van der Waals surface area (Å²) in [5.41, 5.74) is 1.08. The van der Waals surface area contributed by atoms with E-state index < -0.39 is 23.4 Å². The molecule has 0 atom stereocenters. The average molecular weight is 348 g/mol. The Kier molecular flexibility index (Phi) is 6.05. The van der Waals surface area contributed by atoms with Gasteiger partial charge in [-0.05, 0) is 49.2 Å². The molecule has 2 amide bonds. The summed E-state index contributed by atoms with van der Waals surface area (Å²) in [7, 11) is 0. The van der Waals surface area contributed by atoms with Gasteiger partial charge in [0.25, 0.3) is 0 Å². The van der Waals surface area contributed by atoms with Crippen LogP contribution in [0.3, 0.4) is 0 Å². The summed E-state index contributed by atoms with van der Waals surface area (Å²) >= 11 is 0. The van der Waals surface area contributed by atoms with Gasteiger partial charge in [0.05, 0.1) is 6.61 Å². The van der Waals surface area contributed by atoms with E-state index in [9.17, 15) is 18.4 Å². The van der Waals surface area contributed by atoms with Gasteiger partial charge in [-0.15, -0.1) is 0 Å². The van der Waals surface area contributed by atoms with Crippen LogP contribution in [0, 0.1) is 18.6 Å². The quantitative estimate of drug-likeness (QED) is 0.817. The number of rotatable bonds is 5. The minimum absolute atomic E-state index is 0.0299. The first-order valence-corrected chi connectivity index (χ1v) is 7.67. The third-order valence-corrected chi connectivity index (χ3v) is 3.39. The molecule has 0 aliphatic heterocycles. The number of amides is 2. The summed E-state index contributed by atoms with van der Waals surface area (Å²) in [6, 6.07) is 8.37. The molecule has 0 radical (unpaired) electrons. The Hall–Kier alpha value is -2.96. The van der Waals surface area contributed by atoms with Crippen LogP contribution in [0.15, 0.2) is 36.4 Å². The molecule has 2 aromatic carbocycles. The second kappa shape index (κ2) is 8.23. The molecule has 2 rings (SSSR count). The molecule has 0 unspecified atom stereocenters. The van der Waals surface area contributed by atoms with Gasteiger partial charge >= 0.3 is 11.8 Å². The highest BCUT2D eigenvalue weighted by atomic mass is 19.1. The zero-order valence-corrected chi connectivity index (χ0v) is 13.9. The zero-order chi connectivity index (χ0) is 18.4. The Bertz CT molecular complexity index is 794. The smallest absolute Gasteiger partial charge is 0.313 e. The van der Waals surface area contributed by atoms with Crippen molar-refractivity contribution in [3.63, 3.8) is 0 Å². The Balaban J connectivity index is 1.92. The van der Waals surface area contributed by atoms with Crippen molar-refractivity contribution >= 4 is 17.5 Å². The molecule has 0 heterocycles. The molecule has 0 bridgehead atoms. The summed E-state index contributed by atoms with van der Waals surface area (Å²) in [5, 5.41) is 4.67. The Morgan fingerprint density at radius 3 is 2.44 bits per heavy atom. The molecule has 0 spiro atoms. The Morgan fingerprint density at radius 2 is 1.80 bits per heavy atom. The third-order valence-electron chi connectivity index (χ3n) is 3.39. The van der Waals surface area contributed by atoms with Crippen LogP contribution in [0.1, 0.15) is 18.1 Å². The molecule has 132 valence electrons. The highest BCUT2D eigenvalue weighted by Crippen LogP contribution is 2.18. The minimum Gasteiger partial charge on any atom is -0.491 e. The summed E-state index contributed by atoms with van der Waals surface area (Å²) < 4.78 is 32.2. The fourth-order valence-corrected chi connectivity index (χ4v) is 2.05. The van der Waals surface area contributed by atoms with Crippen molar-refractivity contribution in [3.8, 4) is 5.75 Å². The third kappa shape index (κ3) is 5.00. The maximum Gasteiger partial charge on any atom is 0.313 e. The molecule has 0 fully saturated rings. The number of halogens is 2. The second-order valence-corrected chi connectivity index (χ2v) is 5.30. The van der Waals surface area contributed by atoms with E-state index in [0.717, 1.165) is 6.07 Å². The van der Waals surface area contributed by atoms with E-state index in [1.165, 1.54) is 24.3 Å². The highest BCUT2D eigenvalue weighted by molar-refractivity contribution is 6.39. The van der Waals surface area contributed by atoms with E-state index in [2.05, 4.69) is 10.6 Å². The number of hydrogen-bond acceptors (Lipinski definition) is 3. The number of aryl methyl sites for hydroxylation is 1. The number of carbonyl (C=O) groups excluding carboxylic acids is 2. The lowest BCUT2D eigenvalue weighted by Gasteiger charge is -2.09. The number of hydrogen-bond donors (Lipinski definition) is 2. The molecule has 0 saturated carbocycles. The molecular weight excluding hydrogens is 330 g/mol. The Morgan fingerprint density at radius 1 is 1.04 bits per heavy atom. The van der Waals surface area contributed by atoms with Crippen molar-refractivity contribution in [1.29, 1.82) is 0 Å². The van der Waals surface area contributed by atoms with Gasteiger partial charge in [0.2, 0.25) is 0 Å². The van der Waals surface area contributed by atoms with Crippen molar-refractivity contribution in [3.05, 3.63) is 59.2 Å². The van der Waals surface area contributed by atoms with Gasteiger partial charge in [0, 0.05) is 12.2 Å². The molecule has 0 saturated heterocycles. The standard InChI is InChI=1S/C18H18F2N2O3/c1-3-25-16-7-5-12(8-15(16)20)10-21-17(23)18(24)22-13-6-4-11(2)14(19)9-13/h4-9H,3,10H2,1-2H3,(H,21,23)(H,22,24). The fourth-order valence-electron chi connectivity index (χ4n) is 2.05. The van der Waals surface area contributed by atoms with E-state index in [0.29, 0.717) is 17.7 Å². The maximum absolute atomic E-state index is 13.7. The minimum atomic E-state index is -0.935. The van der Waals surface area contributed by atoms with Crippen molar-refractivity contribution in [2.75, 3.05) is 11.9 Å². The van der Waals surface area contributed by atoms with Crippen LogP contribution in [0.25, 0.3) is 0 Å². The molecule has 5 nitrogen and oxygen atoms in total. The van der Waals surface area contributed by atoms with Crippen LogP contribution in [0.2, 0.25) is 0 Å². The van der Waals surface area contributed by atoms with Crippen molar-refractivity contribution in [2.45, 2.75) is 20.4 Å². The molecule has 7 heteroatoms. The van der Waals surface area contributed by atoms with Gasteiger partial charge in [-0.2, -0.15) is 0 Å². The van der Waals surface area contributed by atoms with Crippen LogP contribution < -0.4 is 15.4 Å². The SMILES string of the molecule is CCOc1ccc(CNC(=O)C(=O)Nc2ccc(C)c(F)c2)cc1F. The molecule has 0 aliphatic carbocycles. The van der Waals surface area contributed by atoms with Crippen LogP contribution in [-0.2, 0) is 16.1 Å². The Labute approximate surface area is 144 Å². The predicted octanol–water partition coefficient (Wildman–Crippen LogP) is 2.93. The first-order valence-electron chi connectivity index (χ1n) is 7.67. The van der Waals surface area contributed by atoms with Gasteiger partial charge in [0.15, 0.2) is 11.6 Å².